The van der Waals surface area contributed by atoms with Gasteiger partial charge in [0.1, 0.15) is 5.75 Å². The van der Waals surface area contributed by atoms with Crippen LogP contribution in [0.5, 0.6) is 5.75 Å². The number of amides is 1. The van der Waals surface area contributed by atoms with Crippen molar-refractivity contribution < 1.29 is 19.4 Å². The molecule has 0 aromatic heterocycles. The first-order valence-corrected chi connectivity index (χ1v) is 7.41. The number of nitrogens with zero attached hydrogens (tertiary/aromatic N) is 1. The maximum absolute atomic E-state index is 12.0. The summed E-state index contributed by atoms with van der Waals surface area (Å²) in [6.07, 6.45) is 1.03. The normalized spacial score (nSPS) is 10.5. The summed E-state index contributed by atoms with van der Waals surface area (Å²) in [5.41, 5.74) is 0.500. The van der Waals surface area contributed by atoms with Crippen molar-refractivity contribution in [3.63, 3.8) is 0 Å². The third-order valence-electron chi connectivity index (χ3n) is 2.99. The van der Waals surface area contributed by atoms with Crippen LogP contribution in [-0.2, 0) is 9.59 Å². The first kappa shape index (κ1) is 18.3. The van der Waals surface area contributed by atoms with Gasteiger partial charge in [-0.1, -0.05) is 18.5 Å². The van der Waals surface area contributed by atoms with Crippen LogP contribution in [0.3, 0.4) is 0 Å². The highest BCUT2D eigenvalue weighted by Crippen LogP contribution is 2.27. The largest absolute Gasteiger partial charge is 0.495 e. The van der Waals surface area contributed by atoms with Crippen LogP contribution >= 0.6 is 11.6 Å². The monoisotopic (exact) mass is 328 g/mol. The molecule has 0 saturated carbocycles. The van der Waals surface area contributed by atoms with Gasteiger partial charge in [0.15, 0.2) is 0 Å². The second kappa shape index (κ2) is 9.27. The second-order valence-corrected chi connectivity index (χ2v) is 5.25. The predicted octanol–water partition coefficient (Wildman–Crippen LogP) is 2.47. The molecule has 6 nitrogen and oxygen atoms in total. The topological polar surface area (TPSA) is 78.9 Å². The molecule has 0 fully saturated rings. The van der Waals surface area contributed by atoms with Gasteiger partial charge in [-0.15, -0.1) is 0 Å². The van der Waals surface area contributed by atoms with Crippen LogP contribution in [0.2, 0.25) is 5.02 Å². The lowest BCUT2D eigenvalue weighted by molar-refractivity contribution is -0.138. The van der Waals surface area contributed by atoms with Crippen LogP contribution in [0, 0.1) is 0 Å². The van der Waals surface area contributed by atoms with Gasteiger partial charge in [-0.25, -0.2) is 0 Å². The van der Waals surface area contributed by atoms with E-state index in [1.165, 1.54) is 7.11 Å². The van der Waals surface area contributed by atoms with Gasteiger partial charge in [-0.3, -0.25) is 14.5 Å². The minimum absolute atomic E-state index is 0.0679. The Morgan fingerprint density at radius 1 is 1.36 bits per heavy atom. The lowest BCUT2D eigenvalue weighted by Gasteiger charge is -2.19. The van der Waals surface area contributed by atoms with Crippen LogP contribution in [-0.4, -0.2) is 48.6 Å². The lowest BCUT2D eigenvalue weighted by Crippen LogP contribution is -2.33. The van der Waals surface area contributed by atoms with Gasteiger partial charge in [0, 0.05) is 18.0 Å². The second-order valence-electron chi connectivity index (χ2n) is 4.81. The van der Waals surface area contributed by atoms with Gasteiger partial charge in [0.05, 0.1) is 19.3 Å². The summed E-state index contributed by atoms with van der Waals surface area (Å²) in [4.78, 5) is 24.5. The molecule has 0 aliphatic carbocycles. The molecule has 0 saturated heterocycles. The molecule has 0 aliphatic rings. The number of nitrogens with one attached hydrogen (secondary N) is 1. The Kier molecular flexibility index (Phi) is 7.70. The van der Waals surface area contributed by atoms with Crippen molar-refractivity contribution in [2.24, 2.45) is 0 Å². The summed E-state index contributed by atoms with van der Waals surface area (Å²) in [5, 5.41) is 12.1. The molecule has 1 aromatic carbocycles. The molecule has 1 rings (SSSR count). The van der Waals surface area contributed by atoms with Gasteiger partial charge in [-0.05, 0) is 31.2 Å². The molecule has 7 heteroatoms. The van der Waals surface area contributed by atoms with E-state index in [0.717, 1.165) is 6.42 Å². The summed E-state index contributed by atoms with van der Waals surface area (Å²) in [6, 6.07) is 4.96. The first-order chi connectivity index (χ1) is 10.5. The number of methoxy groups -OCH3 is 1. The number of hydrogen-bond donors (Lipinski definition) is 2. The summed E-state index contributed by atoms with van der Waals surface area (Å²) < 4.78 is 5.16. The number of benzene rings is 1. The van der Waals surface area contributed by atoms with Gasteiger partial charge in [-0.2, -0.15) is 0 Å². The van der Waals surface area contributed by atoms with Crippen molar-refractivity contribution in [1.82, 2.24) is 4.90 Å². The van der Waals surface area contributed by atoms with E-state index in [0.29, 0.717) is 29.5 Å². The average Bonchev–Trinajstić information content (AvgIpc) is 2.45. The highest BCUT2D eigenvalue weighted by Gasteiger charge is 2.12. The number of halogens is 1. The predicted molar refractivity (Wildman–Crippen MR) is 85.6 cm³/mol. The lowest BCUT2D eigenvalue weighted by atomic mass is 10.2. The van der Waals surface area contributed by atoms with Crippen molar-refractivity contribution in [2.45, 2.75) is 19.8 Å². The fourth-order valence-corrected chi connectivity index (χ4v) is 2.20. The number of ether oxygens (including phenoxy) is 1. The number of carboxylic acid groups (broad SMARTS) is 1. The number of carbonyl (C=O) groups is 2. The molecule has 0 radical (unpaired) electrons. The SMILES string of the molecule is CCCN(CCC(=O)Nc1cc(Cl)ccc1OC)CC(=O)O. The van der Waals surface area contributed by atoms with E-state index < -0.39 is 5.97 Å². The van der Waals surface area contributed by atoms with Crippen molar-refractivity contribution in [3.8, 4) is 5.75 Å². The third-order valence-corrected chi connectivity index (χ3v) is 3.22. The van der Waals surface area contributed by atoms with E-state index in [9.17, 15) is 9.59 Å². The highest BCUT2D eigenvalue weighted by atomic mass is 35.5. The molecular formula is C15H21ClN2O4. The van der Waals surface area contributed by atoms with Gasteiger partial charge in [0.2, 0.25) is 5.91 Å². The maximum atomic E-state index is 12.0. The Morgan fingerprint density at radius 3 is 2.68 bits per heavy atom. The molecule has 0 spiro atoms. The standard InChI is InChI=1S/C15H21ClN2O4/c1-3-7-18(10-15(20)21)8-6-14(19)17-12-9-11(16)4-5-13(12)22-2/h4-5,9H,3,6-8,10H2,1-2H3,(H,17,19)(H,20,21). The smallest absolute Gasteiger partial charge is 0.317 e. The van der Waals surface area contributed by atoms with E-state index in [1.807, 2.05) is 6.92 Å². The van der Waals surface area contributed by atoms with Crippen molar-refractivity contribution >= 4 is 29.2 Å². The van der Waals surface area contributed by atoms with E-state index >= 15 is 0 Å². The van der Waals surface area contributed by atoms with Gasteiger partial charge >= 0.3 is 5.97 Å². The minimum Gasteiger partial charge on any atom is -0.495 e. The van der Waals surface area contributed by atoms with Crippen LogP contribution in [0.1, 0.15) is 19.8 Å². The van der Waals surface area contributed by atoms with Crippen molar-refractivity contribution in [3.05, 3.63) is 23.2 Å². The summed E-state index contributed by atoms with van der Waals surface area (Å²) >= 11 is 5.90. The Labute approximate surface area is 135 Å². The summed E-state index contributed by atoms with van der Waals surface area (Å²) in [6.45, 7) is 2.92. The molecule has 0 aliphatic heterocycles. The zero-order chi connectivity index (χ0) is 16.5. The average molecular weight is 329 g/mol. The van der Waals surface area contributed by atoms with Crippen LogP contribution in [0.15, 0.2) is 18.2 Å². The van der Waals surface area contributed by atoms with E-state index in [1.54, 1.807) is 23.1 Å². The van der Waals surface area contributed by atoms with Crippen LogP contribution < -0.4 is 10.1 Å². The molecule has 122 valence electrons. The molecule has 1 amide bonds. The van der Waals surface area contributed by atoms with E-state index in [2.05, 4.69) is 5.32 Å². The van der Waals surface area contributed by atoms with E-state index in [-0.39, 0.29) is 18.9 Å². The number of carbonyl (C=O) groups excluding carboxylic acids is 1. The Balaban J connectivity index is 2.58. The van der Waals surface area contributed by atoms with E-state index in [4.69, 9.17) is 21.4 Å². The number of anilines is 1. The number of rotatable bonds is 9. The third kappa shape index (κ3) is 6.32. The molecule has 1 aromatic rings. The fraction of sp³-hybridized carbons (Fsp3) is 0.467. The summed E-state index contributed by atoms with van der Waals surface area (Å²) in [7, 11) is 1.51. The zero-order valence-corrected chi connectivity index (χ0v) is 13.5. The molecule has 0 heterocycles. The quantitative estimate of drug-likeness (QED) is 0.728. The van der Waals surface area contributed by atoms with Crippen molar-refractivity contribution in [1.29, 1.82) is 0 Å². The van der Waals surface area contributed by atoms with Crippen LogP contribution in [0.4, 0.5) is 5.69 Å². The molecule has 22 heavy (non-hydrogen) atoms. The van der Waals surface area contributed by atoms with Gasteiger partial charge in [0.25, 0.3) is 0 Å². The molecular weight excluding hydrogens is 308 g/mol. The Morgan fingerprint density at radius 2 is 2.09 bits per heavy atom. The number of hydrogen-bond acceptors (Lipinski definition) is 4. The Hall–Kier alpha value is -1.79. The number of carboxylic acids is 1. The molecule has 0 atom stereocenters. The fourth-order valence-electron chi connectivity index (χ4n) is 2.03. The molecule has 2 N–H and O–H groups in total. The molecule has 0 unspecified atom stereocenters. The highest BCUT2D eigenvalue weighted by molar-refractivity contribution is 6.31. The van der Waals surface area contributed by atoms with Crippen molar-refractivity contribution in [2.75, 3.05) is 32.1 Å². The zero-order valence-electron chi connectivity index (χ0n) is 12.8. The number of aliphatic carboxylic acids is 1. The molecule has 0 bridgehead atoms. The first-order valence-electron chi connectivity index (χ1n) is 7.03. The van der Waals surface area contributed by atoms with Crippen LogP contribution in [0.25, 0.3) is 0 Å². The van der Waals surface area contributed by atoms with Gasteiger partial charge < -0.3 is 15.2 Å². The summed E-state index contributed by atoms with van der Waals surface area (Å²) in [5.74, 6) is -0.592. The minimum atomic E-state index is -0.898. The Bertz CT molecular complexity index is 522. The maximum Gasteiger partial charge on any atom is 0.317 e.